The zero-order valence-electron chi connectivity index (χ0n) is 8.57. The molecule has 1 unspecified atom stereocenters. The number of aryl methyl sites for hydroxylation is 1. The van der Waals surface area contributed by atoms with Crippen molar-refractivity contribution in [2.75, 3.05) is 13.1 Å². The van der Waals surface area contributed by atoms with Crippen molar-refractivity contribution in [3.63, 3.8) is 0 Å². The Bertz CT molecular complexity index is 297. The second kappa shape index (κ2) is 4.43. The highest BCUT2D eigenvalue weighted by atomic mass is 32.1. The van der Waals surface area contributed by atoms with Crippen molar-refractivity contribution in [1.29, 1.82) is 0 Å². The van der Waals surface area contributed by atoms with Crippen LogP contribution in [0.2, 0.25) is 0 Å². The largest absolute Gasteiger partial charge is 0.392 e. The van der Waals surface area contributed by atoms with Crippen LogP contribution in [-0.2, 0) is 6.54 Å². The average Bonchev–Trinajstić information content (AvgIpc) is 2.51. The third-order valence-corrected chi connectivity index (χ3v) is 3.64. The summed E-state index contributed by atoms with van der Waals surface area (Å²) >= 11 is 1.86. The van der Waals surface area contributed by atoms with Gasteiger partial charge in [0.05, 0.1) is 6.10 Å². The lowest BCUT2D eigenvalue weighted by molar-refractivity contribution is 0.0673. The molecular formula is C11H17NOS. The minimum atomic E-state index is -0.107. The number of rotatable bonds is 2. The minimum absolute atomic E-state index is 0.107. The molecule has 1 saturated heterocycles. The second-order valence-corrected chi connectivity index (χ2v) is 5.42. The fourth-order valence-electron chi connectivity index (χ4n) is 1.97. The molecule has 0 spiro atoms. The molecule has 1 aromatic rings. The van der Waals surface area contributed by atoms with Crippen LogP contribution in [0.25, 0.3) is 0 Å². The molecule has 1 atom stereocenters. The van der Waals surface area contributed by atoms with E-state index in [0.717, 1.165) is 32.5 Å². The molecule has 0 amide bonds. The fourth-order valence-corrected chi connectivity index (χ4v) is 2.90. The Morgan fingerprint density at radius 1 is 1.57 bits per heavy atom. The predicted octanol–water partition coefficient (Wildman–Crippen LogP) is 2.01. The van der Waals surface area contributed by atoms with Gasteiger partial charge in [-0.15, -0.1) is 11.3 Å². The monoisotopic (exact) mass is 211 g/mol. The van der Waals surface area contributed by atoms with E-state index < -0.39 is 0 Å². The fraction of sp³-hybridized carbons (Fsp3) is 0.636. The summed E-state index contributed by atoms with van der Waals surface area (Å²) in [5.74, 6) is 0. The van der Waals surface area contributed by atoms with Crippen LogP contribution in [0, 0.1) is 6.92 Å². The topological polar surface area (TPSA) is 23.5 Å². The standard InChI is InChI=1S/C11H17NOS/c1-9-4-5-11(14-9)8-12-6-2-3-10(13)7-12/h4-5,10,13H,2-3,6-8H2,1H3. The summed E-state index contributed by atoms with van der Waals surface area (Å²) in [6, 6.07) is 4.36. The van der Waals surface area contributed by atoms with Gasteiger partial charge in [-0.2, -0.15) is 0 Å². The lowest BCUT2D eigenvalue weighted by Crippen LogP contribution is -2.37. The lowest BCUT2D eigenvalue weighted by atomic mass is 10.1. The van der Waals surface area contributed by atoms with Crippen LogP contribution >= 0.6 is 11.3 Å². The second-order valence-electron chi connectivity index (χ2n) is 4.04. The quantitative estimate of drug-likeness (QED) is 0.809. The average molecular weight is 211 g/mol. The Labute approximate surface area is 89.2 Å². The van der Waals surface area contributed by atoms with E-state index >= 15 is 0 Å². The van der Waals surface area contributed by atoms with Crippen LogP contribution in [-0.4, -0.2) is 29.2 Å². The first-order chi connectivity index (χ1) is 6.74. The van der Waals surface area contributed by atoms with Crippen molar-refractivity contribution < 1.29 is 5.11 Å². The Balaban J connectivity index is 1.90. The number of hydrogen-bond acceptors (Lipinski definition) is 3. The molecule has 0 radical (unpaired) electrons. The van der Waals surface area contributed by atoms with E-state index in [-0.39, 0.29) is 6.10 Å². The Hall–Kier alpha value is -0.380. The summed E-state index contributed by atoms with van der Waals surface area (Å²) in [6.45, 7) is 5.12. The molecule has 0 aromatic carbocycles. The van der Waals surface area contributed by atoms with Crippen LogP contribution in [0.5, 0.6) is 0 Å². The van der Waals surface area contributed by atoms with E-state index in [0.29, 0.717) is 0 Å². The lowest BCUT2D eigenvalue weighted by Gasteiger charge is -2.29. The molecule has 2 rings (SSSR count). The van der Waals surface area contributed by atoms with E-state index in [1.165, 1.54) is 9.75 Å². The highest BCUT2D eigenvalue weighted by Gasteiger charge is 2.17. The van der Waals surface area contributed by atoms with Crippen LogP contribution in [0.1, 0.15) is 22.6 Å². The number of hydrogen-bond donors (Lipinski definition) is 1. The van der Waals surface area contributed by atoms with Crippen molar-refractivity contribution >= 4 is 11.3 Å². The van der Waals surface area contributed by atoms with E-state index in [1.807, 2.05) is 11.3 Å². The molecule has 0 aliphatic carbocycles. The molecular weight excluding hydrogens is 194 g/mol. The molecule has 1 aliphatic rings. The molecule has 2 heterocycles. The predicted molar refractivity (Wildman–Crippen MR) is 59.6 cm³/mol. The summed E-state index contributed by atoms with van der Waals surface area (Å²) < 4.78 is 0. The van der Waals surface area contributed by atoms with Gasteiger partial charge in [0.1, 0.15) is 0 Å². The molecule has 14 heavy (non-hydrogen) atoms. The summed E-state index contributed by atoms with van der Waals surface area (Å²) in [5, 5.41) is 9.52. The van der Waals surface area contributed by atoms with Crippen molar-refractivity contribution in [3.05, 3.63) is 21.9 Å². The van der Waals surface area contributed by atoms with Gasteiger partial charge in [0.2, 0.25) is 0 Å². The first kappa shape index (κ1) is 10.1. The van der Waals surface area contributed by atoms with Crippen molar-refractivity contribution in [1.82, 2.24) is 4.90 Å². The van der Waals surface area contributed by atoms with Crippen molar-refractivity contribution in [3.8, 4) is 0 Å². The van der Waals surface area contributed by atoms with Gasteiger partial charge in [0.15, 0.2) is 0 Å². The zero-order valence-corrected chi connectivity index (χ0v) is 9.39. The van der Waals surface area contributed by atoms with E-state index in [2.05, 4.69) is 24.0 Å². The maximum absolute atomic E-state index is 9.52. The van der Waals surface area contributed by atoms with Gasteiger partial charge in [0, 0.05) is 22.8 Å². The molecule has 0 bridgehead atoms. The molecule has 1 N–H and O–H groups in total. The molecule has 1 aliphatic heterocycles. The highest BCUT2D eigenvalue weighted by Crippen LogP contribution is 2.19. The number of aliphatic hydroxyl groups is 1. The summed E-state index contributed by atoms with van der Waals surface area (Å²) in [6.07, 6.45) is 2.00. The van der Waals surface area contributed by atoms with E-state index in [9.17, 15) is 5.11 Å². The number of β-amino-alcohol motifs (C(OH)–C–C–N with tert-alkyl or cyclic N) is 1. The van der Waals surface area contributed by atoms with Crippen molar-refractivity contribution in [2.45, 2.75) is 32.4 Å². The van der Waals surface area contributed by atoms with Crippen LogP contribution in [0.4, 0.5) is 0 Å². The molecule has 78 valence electrons. The highest BCUT2D eigenvalue weighted by molar-refractivity contribution is 7.11. The first-order valence-electron chi connectivity index (χ1n) is 5.20. The van der Waals surface area contributed by atoms with Gasteiger partial charge in [0.25, 0.3) is 0 Å². The number of piperidine rings is 1. The molecule has 0 saturated carbocycles. The summed E-state index contributed by atoms with van der Waals surface area (Å²) in [7, 11) is 0. The van der Waals surface area contributed by atoms with Crippen LogP contribution < -0.4 is 0 Å². The van der Waals surface area contributed by atoms with Crippen LogP contribution in [0.3, 0.4) is 0 Å². The summed E-state index contributed by atoms with van der Waals surface area (Å²) in [4.78, 5) is 5.13. The normalized spacial score (nSPS) is 24.0. The first-order valence-corrected chi connectivity index (χ1v) is 6.01. The SMILES string of the molecule is Cc1ccc(CN2CCCC(O)C2)s1. The molecule has 1 fully saturated rings. The third kappa shape index (κ3) is 2.56. The van der Waals surface area contributed by atoms with Crippen LogP contribution in [0.15, 0.2) is 12.1 Å². The third-order valence-electron chi connectivity index (χ3n) is 2.66. The van der Waals surface area contributed by atoms with E-state index in [4.69, 9.17) is 0 Å². The zero-order chi connectivity index (χ0) is 9.97. The summed E-state index contributed by atoms with van der Waals surface area (Å²) in [5.41, 5.74) is 0. The Morgan fingerprint density at radius 2 is 2.43 bits per heavy atom. The minimum Gasteiger partial charge on any atom is -0.392 e. The molecule has 3 heteroatoms. The van der Waals surface area contributed by atoms with Gasteiger partial charge in [-0.1, -0.05) is 0 Å². The number of nitrogens with zero attached hydrogens (tertiary/aromatic N) is 1. The van der Waals surface area contributed by atoms with Gasteiger partial charge >= 0.3 is 0 Å². The molecule has 1 aromatic heterocycles. The number of likely N-dealkylation sites (tertiary alicyclic amines) is 1. The van der Waals surface area contributed by atoms with Gasteiger partial charge in [-0.25, -0.2) is 0 Å². The Kier molecular flexibility index (Phi) is 3.21. The van der Waals surface area contributed by atoms with Gasteiger partial charge in [-0.3, -0.25) is 4.90 Å². The maximum atomic E-state index is 9.52. The molecule has 2 nitrogen and oxygen atoms in total. The maximum Gasteiger partial charge on any atom is 0.0667 e. The van der Waals surface area contributed by atoms with Gasteiger partial charge < -0.3 is 5.11 Å². The van der Waals surface area contributed by atoms with E-state index in [1.54, 1.807) is 0 Å². The smallest absolute Gasteiger partial charge is 0.0667 e. The number of aliphatic hydroxyl groups excluding tert-OH is 1. The van der Waals surface area contributed by atoms with Gasteiger partial charge in [-0.05, 0) is 38.4 Å². The number of thiophene rings is 1. The van der Waals surface area contributed by atoms with Crippen molar-refractivity contribution in [2.24, 2.45) is 0 Å². The Morgan fingerprint density at radius 3 is 3.07 bits per heavy atom.